The summed E-state index contributed by atoms with van der Waals surface area (Å²) in [7, 11) is -1.94. The Balaban J connectivity index is 2.00. The van der Waals surface area contributed by atoms with E-state index in [1.54, 1.807) is 0 Å². The molecule has 0 aliphatic rings. The minimum atomic E-state index is -1.94. The standard InChI is InChI=1S/C32H37NSi/c1-8-27(29-19-13-12-18-28(29)26-16-10-9-11-17-26)31-22-33(32-21-15-14-20-30(31)32)34(23(2)3,24(4)5)25(6)7/h1,9-25,27H,2-7H3/t27-/m0/s1. The second kappa shape index (κ2) is 9.69. The van der Waals surface area contributed by atoms with Crippen LogP contribution in [0.3, 0.4) is 0 Å². The largest absolute Gasteiger partial charge is 0.373 e. The molecule has 1 atom stereocenters. The fourth-order valence-corrected chi connectivity index (χ4v) is 13.2. The molecule has 174 valence electrons. The van der Waals surface area contributed by atoms with Crippen molar-refractivity contribution in [2.24, 2.45) is 0 Å². The number of hydrogen-bond donors (Lipinski definition) is 0. The van der Waals surface area contributed by atoms with Crippen LogP contribution in [0.15, 0.2) is 85.1 Å². The van der Waals surface area contributed by atoms with Crippen molar-refractivity contribution in [2.75, 3.05) is 0 Å². The van der Waals surface area contributed by atoms with Crippen LogP contribution in [0.5, 0.6) is 0 Å². The van der Waals surface area contributed by atoms with E-state index in [1.807, 2.05) is 0 Å². The first kappa shape index (κ1) is 24.1. The van der Waals surface area contributed by atoms with Crippen molar-refractivity contribution in [1.82, 2.24) is 4.23 Å². The zero-order chi connectivity index (χ0) is 24.5. The summed E-state index contributed by atoms with van der Waals surface area (Å²) in [6.07, 6.45) is 8.76. The monoisotopic (exact) mass is 463 g/mol. The molecule has 4 aromatic rings. The van der Waals surface area contributed by atoms with Gasteiger partial charge in [0.15, 0.2) is 8.24 Å². The van der Waals surface area contributed by atoms with E-state index < -0.39 is 8.24 Å². The molecule has 1 aromatic heterocycles. The number of aromatic nitrogens is 1. The van der Waals surface area contributed by atoms with Gasteiger partial charge in [0.05, 0.1) is 5.92 Å². The van der Waals surface area contributed by atoms with Gasteiger partial charge in [0.2, 0.25) is 0 Å². The van der Waals surface area contributed by atoms with Crippen molar-refractivity contribution in [1.29, 1.82) is 0 Å². The van der Waals surface area contributed by atoms with Crippen molar-refractivity contribution >= 4 is 19.1 Å². The minimum Gasteiger partial charge on any atom is -0.373 e. The Hall–Kier alpha value is -3.02. The smallest absolute Gasteiger partial charge is 0.169 e. The van der Waals surface area contributed by atoms with Gasteiger partial charge in [0, 0.05) is 17.1 Å². The Morgan fingerprint density at radius 2 is 1.24 bits per heavy atom. The number of benzene rings is 3. The van der Waals surface area contributed by atoms with Crippen LogP contribution in [0.25, 0.3) is 22.0 Å². The van der Waals surface area contributed by atoms with E-state index in [1.165, 1.54) is 33.2 Å². The number of para-hydroxylation sites is 1. The Bertz CT molecular complexity index is 1280. The van der Waals surface area contributed by atoms with Crippen LogP contribution in [0.4, 0.5) is 0 Å². The first-order valence-corrected chi connectivity index (χ1v) is 14.7. The molecule has 0 aliphatic carbocycles. The predicted octanol–water partition coefficient (Wildman–Crippen LogP) is 9.10. The van der Waals surface area contributed by atoms with E-state index in [-0.39, 0.29) is 5.92 Å². The number of hydrogen-bond acceptors (Lipinski definition) is 0. The molecule has 0 radical (unpaired) electrons. The van der Waals surface area contributed by atoms with Crippen LogP contribution >= 0.6 is 0 Å². The summed E-state index contributed by atoms with van der Waals surface area (Å²) >= 11 is 0. The lowest BCUT2D eigenvalue weighted by Gasteiger charge is -2.44. The Morgan fingerprint density at radius 3 is 1.85 bits per heavy atom. The van der Waals surface area contributed by atoms with Crippen LogP contribution < -0.4 is 0 Å². The maximum absolute atomic E-state index is 6.32. The number of fused-ring (bicyclic) bond motifs is 1. The molecule has 0 spiro atoms. The summed E-state index contributed by atoms with van der Waals surface area (Å²) in [6, 6.07) is 28.1. The van der Waals surface area contributed by atoms with Gasteiger partial charge >= 0.3 is 0 Å². The lowest BCUT2D eigenvalue weighted by Crippen LogP contribution is -2.51. The summed E-state index contributed by atoms with van der Waals surface area (Å²) in [5.74, 6) is 3.08. The highest BCUT2D eigenvalue weighted by atomic mass is 28.3. The molecule has 3 aromatic carbocycles. The van der Waals surface area contributed by atoms with Gasteiger partial charge in [0.25, 0.3) is 0 Å². The Kier molecular flexibility index (Phi) is 6.87. The zero-order valence-corrected chi connectivity index (χ0v) is 22.4. The molecule has 0 saturated heterocycles. The van der Waals surface area contributed by atoms with Gasteiger partial charge in [-0.2, -0.15) is 0 Å². The average Bonchev–Trinajstić information content (AvgIpc) is 3.20. The minimum absolute atomic E-state index is 0.110. The average molecular weight is 464 g/mol. The van der Waals surface area contributed by atoms with E-state index in [9.17, 15) is 0 Å². The SMILES string of the molecule is C#C[C@@H](c1ccccc1-c1ccccc1)c1cn([Si](C(C)C)(C(C)C)C(C)C)c2ccccc12. The van der Waals surface area contributed by atoms with Gasteiger partial charge < -0.3 is 4.23 Å². The second-order valence-electron chi connectivity index (χ2n) is 10.4. The van der Waals surface area contributed by atoms with Gasteiger partial charge in [0.1, 0.15) is 0 Å². The summed E-state index contributed by atoms with van der Waals surface area (Å²) in [5.41, 5.74) is 8.02. The molecule has 34 heavy (non-hydrogen) atoms. The summed E-state index contributed by atoms with van der Waals surface area (Å²) in [5, 5.41) is 1.28. The Labute approximate surface area is 206 Å². The maximum Gasteiger partial charge on any atom is 0.169 e. The van der Waals surface area contributed by atoms with E-state index in [0.717, 1.165) is 0 Å². The van der Waals surface area contributed by atoms with Crippen LogP contribution in [-0.4, -0.2) is 12.5 Å². The summed E-state index contributed by atoms with van der Waals surface area (Å²) in [4.78, 5) is 0. The molecule has 2 heteroatoms. The van der Waals surface area contributed by atoms with Gasteiger partial charge in [-0.05, 0) is 44.9 Å². The van der Waals surface area contributed by atoms with Crippen molar-refractivity contribution in [2.45, 2.75) is 64.1 Å². The van der Waals surface area contributed by atoms with Gasteiger partial charge in [-0.1, -0.05) is 120 Å². The predicted molar refractivity (Wildman–Crippen MR) is 151 cm³/mol. The highest BCUT2D eigenvalue weighted by molar-refractivity contribution is 6.82. The van der Waals surface area contributed by atoms with E-state index in [4.69, 9.17) is 6.42 Å². The van der Waals surface area contributed by atoms with Crippen molar-refractivity contribution in [3.8, 4) is 23.5 Å². The maximum atomic E-state index is 6.32. The van der Waals surface area contributed by atoms with Crippen LogP contribution in [0.2, 0.25) is 16.6 Å². The third kappa shape index (κ3) is 3.83. The third-order valence-corrected chi connectivity index (χ3v) is 14.5. The fraction of sp³-hybridized carbons (Fsp3) is 0.312. The molecule has 1 nitrogen and oxygen atoms in total. The first-order valence-electron chi connectivity index (χ1n) is 12.5. The third-order valence-electron chi connectivity index (χ3n) is 7.77. The number of nitrogens with zero attached hydrogens (tertiary/aromatic N) is 1. The number of rotatable bonds is 7. The first-order chi connectivity index (χ1) is 16.3. The summed E-state index contributed by atoms with van der Waals surface area (Å²) in [6.45, 7) is 14.5. The van der Waals surface area contributed by atoms with Crippen molar-refractivity contribution in [3.05, 3.63) is 96.2 Å². The van der Waals surface area contributed by atoms with Crippen LogP contribution in [0.1, 0.15) is 58.6 Å². The molecule has 0 N–H and O–H groups in total. The molecule has 1 heterocycles. The van der Waals surface area contributed by atoms with Crippen molar-refractivity contribution < 1.29 is 0 Å². The Morgan fingerprint density at radius 1 is 0.676 bits per heavy atom. The summed E-state index contributed by atoms with van der Waals surface area (Å²) < 4.78 is 2.70. The fourth-order valence-electron chi connectivity index (χ4n) is 6.57. The second-order valence-corrected chi connectivity index (χ2v) is 16.1. The van der Waals surface area contributed by atoms with Gasteiger partial charge in [-0.25, -0.2) is 0 Å². The van der Waals surface area contributed by atoms with E-state index >= 15 is 0 Å². The van der Waals surface area contributed by atoms with E-state index in [2.05, 4.69) is 137 Å². The molecule has 0 saturated carbocycles. The molecule has 0 fully saturated rings. The lowest BCUT2D eigenvalue weighted by molar-refractivity contribution is 0.771. The van der Waals surface area contributed by atoms with Gasteiger partial charge in [-0.15, -0.1) is 6.42 Å². The number of terminal acetylenes is 1. The molecular formula is C32H37NSi. The highest BCUT2D eigenvalue weighted by Gasteiger charge is 2.46. The van der Waals surface area contributed by atoms with Crippen LogP contribution in [0, 0.1) is 12.3 Å². The molecule has 0 aliphatic heterocycles. The molecule has 0 unspecified atom stereocenters. The van der Waals surface area contributed by atoms with E-state index in [0.29, 0.717) is 16.6 Å². The molecule has 4 rings (SSSR count). The quantitative estimate of drug-likeness (QED) is 0.190. The lowest BCUT2D eigenvalue weighted by atomic mass is 9.86. The van der Waals surface area contributed by atoms with Crippen molar-refractivity contribution in [3.63, 3.8) is 0 Å². The van der Waals surface area contributed by atoms with Crippen LogP contribution in [-0.2, 0) is 0 Å². The normalized spacial score (nSPS) is 13.1. The van der Waals surface area contributed by atoms with Gasteiger partial charge in [-0.3, -0.25) is 0 Å². The molecule has 0 bridgehead atoms. The zero-order valence-electron chi connectivity index (χ0n) is 21.4. The molecular weight excluding hydrogens is 426 g/mol. The molecule has 0 amide bonds. The highest BCUT2D eigenvalue weighted by Crippen LogP contribution is 2.46. The topological polar surface area (TPSA) is 4.93 Å².